The third kappa shape index (κ3) is 2.13. The number of aromatic nitrogens is 2. The molecule has 1 amide bonds. The number of carbonyl (C=O) groups is 1. The number of amides is 1. The molecule has 2 aromatic heterocycles. The average molecular weight is 219 g/mol. The molecule has 0 aromatic carbocycles. The lowest BCUT2D eigenvalue weighted by molar-refractivity contribution is 0.0995. The summed E-state index contributed by atoms with van der Waals surface area (Å²) in [6.07, 6.45) is 4.09. The summed E-state index contributed by atoms with van der Waals surface area (Å²) >= 11 is 0. The molecule has 0 saturated heterocycles. The second-order valence-electron chi connectivity index (χ2n) is 3.37. The van der Waals surface area contributed by atoms with E-state index in [1.54, 1.807) is 29.1 Å². The molecule has 0 radical (unpaired) electrons. The van der Waals surface area contributed by atoms with E-state index in [-0.39, 0.29) is 5.91 Å². The first-order chi connectivity index (χ1) is 7.81. The van der Waals surface area contributed by atoms with Gasteiger partial charge in [0.05, 0.1) is 12.5 Å². The number of aryl methyl sites for hydroxylation is 1. The van der Waals surface area contributed by atoms with Gasteiger partial charge in [0.15, 0.2) is 5.76 Å². The van der Waals surface area contributed by atoms with Crippen LogP contribution in [-0.4, -0.2) is 15.7 Å². The molecule has 0 bridgehead atoms. The molecule has 2 rings (SSSR count). The number of nitrogens with zero attached hydrogens (tertiary/aromatic N) is 2. The highest BCUT2D eigenvalue weighted by atomic mass is 16.3. The van der Waals surface area contributed by atoms with Crippen LogP contribution < -0.4 is 5.32 Å². The number of hydrogen-bond acceptors (Lipinski definition) is 3. The smallest absolute Gasteiger partial charge is 0.292 e. The maximum Gasteiger partial charge on any atom is 0.292 e. The molecule has 0 aliphatic heterocycles. The van der Waals surface area contributed by atoms with Gasteiger partial charge < -0.3 is 9.73 Å². The summed E-state index contributed by atoms with van der Waals surface area (Å²) in [6.45, 7) is 2.83. The van der Waals surface area contributed by atoms with E-state index < -0.39 is 0 Å². The number of hydrogen-bond donors (Lipinski definition) is 1. The van der Waals surface area contributed by atoms with Gasteiger partial charge in [-0.2, -0.15) is 5.10 Å². The first-order valence-electron chi connectivity index (χ1n) is 5.18. The molecule has 0 aliphatic rings. The van der Waals surface area contributed by atoms with Gasteiger partial charge in [-0.3, -0.25) is 4.79 Å². The zero-order valence-electron chi connectivity index (χ0n) is 9.01. The predicted octanol–water partition coefficient (Wildman–Crippen LogP) is 2.14. The number of carbonyl (C=O) groups excluding carboxylic acids is 1. The summed E-state index contributed by atoms with van der Waals surface area (Å²) in [5, 5.41) is 6.86. The van der Waals surface area contributed by atoms with Crippen LogP contribution in [0.15, 0.2) is 35.1 Å². The van der Waals surface area contributed by atoms with E-state index in [4.69, 9.17) is 4.42 Å². The van der Waals surface area contributed by atoms with Gasteiger partial charge in [0.2, 0.25) is 0 Å². The fourth-order valence-corrected chi connectivity index (χ4v) is 1.41. The lowest BCUT2D eigenvalue weighted by atomic mass is 10.4. The largest absolute Gasteiger partial charge is 0.459 e. The van der Waals surface area contributed by atoms with E-state index in [2.05, 4.69) is 17.3 Å². The maximum absolute atomic E-state index is 11.7. The Morgan fingerprint density at radius 3 is 3.12 bits per heavy atom. The third-order valence-electron chi connectivity index (χ3n) is 2.14. The van der Waals surface area contributed by atoms with Crippen molar-refractivity contribution in [1.29, 1.82) is 0 Å². The molecule has 5 nitrogen and oxygen atoms in total. The minimum atomic E-state index is -0.261. The zero-order chi connectivity index (χ0) is 11.4. The number of anilines is 1. The first-order valence-corrected chi connectivity index (χ1v) is 5.18. The van der Waals surface area contributed by atoms with E-state index >= 15 is 0 Å². The molecular weight excluding hydrogens is 206 g/mol. The Morgan fingerprint density at radius 1 is 1.56 bits per heavy atom. The molecule has 0 fully saturated rings. The fraction of sp³-hybridized carbons (Fsp3) is 0.273. The van der Waals surface area contributed by atoms with Gasteiger partial charge in [0.1, 0.15) is 5.82 Å². The third-order valence-corrected chi connectivity index (χ3v) is 2.14. The maximum atomic E-state index is 11.7. The SMILES string of the molecule is CCCn1nccc1NC(=O)c1ccco1. The predicted molar refractivity (Wildman–Crippen MR) is 59.2 cm³/mol. The summed E-state index contributed by atoms with van der Waals surface area (Å²) in [7, 11) is 0. The highest BCUT2D eigenvalue weighted by Gasteiger charge is 2.10. The van der Waals surface area contributed by atoms with Crippen molar-refractivity contribution in [3.8, 4) is 0 Å². The Hall–Kier alpha value is -2.04. The second kappa shape index (κ2) is 4.65. The van der Waals surface area contributed by atoms with E-state index in [1.807, 2.05) is 0 Å². The Bertz CT molecular complexity index is 459. The van der Waals surface area contributed by atoms with Crippen LogP contribution in [0.5, 0.6) is 0 Å². The van der Waals surface area contributed by atoms with Crippen LogP contribution in [0, 0.1) is 0 Å². The Labute approximate surface area is 93.1 Å². The van der Waals surface area contributed by atoms with Gasteiger partial charge in [0, 0.05) is 12.6 Å². The van der Waals surface area contributed by atoms with Crippen LogP contribution in [0.25, 0.3) is 0 Å². The summed E-state index contributed by atoms with van der Waals surface area (Å²) in [4.78, 5) is 11.7. The van der Waals surface area contributed by atoms with Crippen molar-refractivity contribution in [2.45, 2.75) is 19.9 Å². The normalized spacial score (nSPS) is 10.3. The summed E-state index contributed by atoms with van der Waals surface area (Å²) in [6, 6.07) is 5.06. The number of furan rings is 1. The van der Waals surface area contributed by atoms with Crippen LogP contribution in [0.1, 0.15) is 23.9 Å². The van der Waals surface area contributed by atoms with E-state index in [1.165, 1.54) is 6.26 Å². The molecule has 1 N–H and O–H groups in total. The van der Waals surface area contributed by atoms with Crippen molar-refractivity contribution in [3.05, 3.63) is 36.4 Å². The highest BCUT2D eigenvalue weighted by Crippen LogP contribution is 2.09. The lowest BCUT2D eigenvalue weighted by Crippen LogP contribution is -2.15. The van der Waals surface area contributed by atoms with Crippen LogP contribution in [-0.2, 0) is 6.54 Å². The van der Waals surface area contributed by atoms with Gasteiger partial charge in [-0.1, -0.05) is 6.92 Å². The van der Waals surface area contributed by atoms with Crippen molar-refractivity contribution in [1.82, 2.24) is 9.78 Å². The van der Waals surface area contributed by atoms with Crippen molar-refractivity contribution in [3.63, 3.8) is 0 Å². The molecule has 0 aliphatic carbocycles. The summed E-state index contributed by atoms with van der Waals surface area (Å²) in [5.41, 5.74) is 0. The van der Waals surface area contributed by atoms with Crippen molar-refractivity contribution >= 4 is 11.7 Å². The molecule has 0 atom stereocenters. The van der Waals surface area contributed by atoms with E-state index in [0.29, 0.717) is 11.6 Å². The van der Waals surface area contributed by atoms with Crippen molar-refractivity contribution in [2.24, 2.45) is 0 Å². The zero-order valence-corrected chi connectivity index (χ0v) is 9.01. The molecule has 0 saturated carbocycles. The highest BCUT2D eigenvalue weighted by molar-refractivity contribution is 6.01. The molecule has 0 unspecified atom stereocenters. The van der Waals surface area contributed by atoms with Crippen LogP contribution >= 0.6 is 0 Å². The van der Waals surface area contributed by atoms with Gasteiger partial charge in [-0.05, 0) is 18.6 Å². The molecule has 2 aromatic rings. The number of nitrogens with one attached hydrogen (secondary N) is 1. The summed E-state index contributed by atoms with van der Waals surface area (Å²) < 4.78 is 6.75. The Kier molecular flexibility index (Phi) is 3.05. The summed E-state index contributed by atoms with van der Waals surface area (Å²) in [5.74, 6) is 0.718. The monoisotopic (exact) mass is 219 g/mol. The first kappa shape index (κ1) is 10.5. The number of rotatable bonds is 4. The van der Waals surface area contributed by atoms with Gasteiger partial charge in [0.25, 0.3) is 5.91 Å². The van der Waals surface area contributed by atoms with Gasteiger partial charge in [-0.25, -0.2) is 4.68 Å². The van der Waals surface area contributed by atoms with Crippen molar-refractivity contribution < 1.29 is 9.21 Å². The van der Waals surface area contributed by atoms with Crippen LogP contribution in [0.3, 0.4) is 0 Å². The van der Waals surface area contributed by atoms with Crippen molar-refractivity contribution in [2.75, 3.05) is 5.32 Å². The standard InChI is InChI=1S/C11H13N3O2/c1-2-7-14-10(5-6-12-14)13-11(15)9-4-3-8-16-9/h3-6,8H,2,7H2,1H3,(H,13,15). The van der Waals surface area contributed by atoms with E-state index in [0.717, 1.165) is 13.0 Å². The lowest BCUT2D eigenvalue weighted by Gasteiger charge is -2.06. The molecular formula is C11H13N3O2. The molecule has 84 valence electrons. The van der Waals surface area contributed by atoms with Gasteiger partial charge in [-0.15, -0.1) is 0 Å². The molecule has 16 heavy (non-hydrogen) atoms. The minimum absolute atomic E-state index is 0.261. The van der Waals surface area contributed by atoms with Crippen LogP contribution in [0.4, 0.5) is 5.82 Å². The topological polar surface area (TPSA) is 60.1 Å². The van der Waals surface area contributed by atoms with E-state index in [9.17, 15) is 4.79 Å². The Balaban J connectivity index is 2.09. The fourth-order valence-electron chi connectivity index (χ4n) is 1.41. The van der Waals surface area contributed by atoms with Gasteiger partial charge >= 0.3 is 0 Å². The molecule has 5 heteroatoms. The molecule has 2 heterocycles. The quantitative estimate of drug-likeness (QED) is 0.856. The molecule has 0 spiro atoms. The van der Waals surface area contributed by atoms with Crippen LogP contribution in [0.2, 0.25) is 0 Å². The Morgan fingerprint density at radius 2 is 2.44 bits per heavy atom. The minimum Gasteiger partial charge on any atom is -0.459 e. The average Bonchev–Trinajstić information content (AvgIpc) is 2.90. The second-order valence-corrected chi connectivity index (χ2v) is 3.37.